The number of carbonyl (C=O) groups excluding carboxylic acids is 1. The summed E-state index contributed by atoms with van der Waals surface area (Å²) in [5.41, 5.74) is 2.03. The molecule has 1 aliphatic heterocycles. The van der Waals surface area contributed by atoms with Crippen LogP contribution in [-0.4, -0.2) is 52.2 Å². The first kappa shape index (κ1) is 16.4. The van der Waals surface area contributed by atoms with Gasteiger partial charge in [0.2, 0.25) is 5.13 Å². The second kappa shape index (κ2) is 6.75. The van der Waals surface area contributed by atoms with Crippen molar-refractivity contribution < 1.29 is 9.21 Å². The van der Waals surface area contributed by atoms with Crippen molar-refractivity contribution in [3.8, 4) is 9.88 Å². The lowest BCUT2D eigenvalue weighted by Gasteiger charge is -2.34. The van der Waals surface area contributed by atoms with E-state index in [4.69, 9.17) is 4.42 Å². The first-order chi connectivity index (χ1) is 13.3. The fraction of sp³-hybridized carbons (Fsp3) is 0.222. The standard InChI is InChI=1S/C18H15N5O2S2/c24-17(12-3-4-14-13(10-12)19-11-25-14)22-5-7-23(8-6-22)18-21-20-16(27-18)15-2-1-9-26-15/h1-4,9-11H,5-8H2. The molecule has 1 fully saturated rings. The summed E-state index contributed by atoms with van der Waals surface area (Å²) >= 11 is 3.26. The molecule has 4 heterocycles. The van der Waals surface area contributed by atoms with E-state index >= 15 is 0 Å². The maximum absolute atomic E-state index is 12.8. The summed E-state index contributed by atoms with van der Waals surface area (Å²) in [5.74, 6) is 0.0242. The summed E-state index contributed by atoms with van der Waals surface area (Å²) in [6, 6.07) is 9.43. The molecule has 0 spiro atoms. The average Bonchev–Trinajstić information content (AvgIpc) is 3.48. The van der Waals surface area contributed by atoms with Crippen molar-refractivity contribution in [1.82, 2.24) is 20.1 Å². The van der Waals surface area contributed by atoms with Crippen molar-refractivity contribution in [2.24, 2.45) is 0 Å². The highest BCUT2D eigenvalue weighted by Gasteiger charge is 2.24. The van der Waals surface area contributed by atoms with Crippen LogP contribution in [0.3, 0.4) is 0 Å². The molecule has 9 heteroatoms. The lowest BCUT2D eigenvalue weighted by Crippen LogP contribution is -2.48. The van der Waals surface area contributed by atoms with E-state index in [0.29, 0.717) is 29.8 Å². The molecule has 1 aromatic carbocycles. The normalized spacial score (nSPS) is 14.8. The Kier molecular flexibility index (Phi) is 4.10. The van der Waals surface area contributed by atoms with E-state index in [2.05, 4.69) is 26.1 Å². The topological polar surface area (TPSA) is 75.4 Å². The van der Waals surface area contributed by atoms with E-state index in [0.717, 1.165) is 28.1 Å². The molecule has 0 N–H and O–H groups in total. The van der Waals surface area contributed by atoms with E-state index in [-0.39, 0.29) is 5.91 Å². The largest absolute Gasteiger partial charge is 0.443 e. The molecule has 0 radical (unpaired) electrons. The van der Waals surface area contributed by atoms with E-state index in [1.165, 1.54) is 6.39 Å². The summed E-state index contributed by atoms with van der Waals surface area (Å²) < 4.78 is 5.24. The van der Waals surface area contributed by atoms with Crippen LogP contribution < -0.4 is 4.90 Å². The van der Waals surface area contributed by atoms with E-state index in [1.54, 1.807) is 40.9 Å². The van der Waals surface area contributed by atoms with Crippen molar-refractivity contribution in [3.63, 3.8) is 0 Å². The summed E-state index contributed by atoms with van der Waals surface area (Å²) in [4.78, 5) is 22.1. The molecule has 136 valence electrons. The third-order valence-electron chi connectivity index (χ3n) is 4.56. The van der Waals surface area contributed by atoms with Gasteiger partial charge in [0, 0.05) is 31.7 Å². The minimum Gasteiger partial charge on any atom is -0.443 e. The highest BCUT2D eigenvalue weighted by Crippen LogP contribution is 2.32. The molecule has 1 aliphatic rings. The van der Waals surface area contributed by atoms with Crippen LogP contribution in [-0.2, 0) is 0 Å². The molecule has 5 rings (SSSR count). The molecule has 0 saturated carbocycles. The smallest absolute Gasteiger partial charge is 0.254 e. The van der Waals surface area contributed by atoms with Crippen molar-refractivity contribution >= 4 is 44.8 Å². The third-order valence-corrected chi connectivity index (χ3v) is 6.58. The van der Waals surface area contributed by atoms with E-state index in [9.17, 15) is 4.79 Å². The van der Waals surface area contributed by atoms with Gasteiger partial charge in [0.15, 0.2) is 17.0 Å². The monoisotopic (exact) mass is 397 g/mol. The first-order valence-electron chi connectivity index (χ1n) is 8.53. The minimum absolute atomic E-state index is 0.0242. The second-order valence-electron chi connectivity index (χ2n) is 6.18. The SMILES string of the molecule is O=C(c1ccc2ocnc2c1)N1CCN(c2nnc(-c3cccs3)s2)CC1. The Hall–Kier alpha value is -2.78. The molecule has 3 aromatic heterocycles. The van der Waals surface area contributed by atoms with Gasteiger partial charge < -0.3 is 14.2 Å². The van der Waals surface area contributed by atoms with Crippen LogP contribution in [0.4, 0.5) is 5.13 Å². The number of rotatable bonds is 3. The van der Waals surface area contributed by atoms with Gasteiger partial charge >= 0.3 is 0 Å². The van der Waals surface area contributed by atoms with Gasteiger partial charge in [0.25, 0.3) is 5.91 Å². The molecule has 1 saturated heterocycles. The lowest BCUT2D eigenvalue weighted by atomic mass is 10.1. The molecule has 1 amide bonds. The Balaban J connectivity index is 1.26. The van der Waals surface area contributed by atoms with Crippen LogP contribution in [0.2, 0.25) is 0 Å². The number of hydrogen-bond acceptors (Lipinski definition) is 8. The van der Waals surface area contributed by atoms with Crippen LogP contribution in [0, 0.1) is 0 Å². The number of thiophene rings is 1. The van der Waals surface area contributed by atoms with Gasteiger partial charge in [0.05, 0.1) is 4.88 Å². The molecule has 27 heavy (non-hydrogen) atoms. The molecule has 0 bridgehead atoms. The van der Waals surface area contributed by atoms with Gasteiger partial charge in [-0.2, -0.15) is 0 Å². The van der Waals surface area contributed by atoms with Crippen molar-refractivity contribution in [1.29, 1.82) is 0 Å². The molecule has 0 aliphatic carbocycles. The van der Waals surface area contributed by atoms with Crippen LogP contribution in [0.1, 0.15) is 10.4 Å². The summed E-state index contributed by atoms with van der Waals surface area (Å²) in [6.07, 6.45) is 1.39. The van der Waals surface area contributed by atoms with Crippen LogP contribution >= 0.6 is 22.7 Å². The number of benzene rings is 1. The predicted octanol–water partition coefficient (Wildman–Crippen LogP) is 3.37. The zero-order valence-corrected chi connectivity index (χ0v) is 15.9. The fourth-order valence-corrected chi connectivity index (χ4v) is 4.81. The Morgan fingerprint density at radius 1 is 1.11 bits per heavy atom. The number of carbonyl (C=O) groups is 1. The van der Waals surface area contributed by atoms with Gasteiger partial charge in [-0.3, -0.25) is 4.79 Å². The maximum atomic E-state index is 12.8. The molecule has 0 unspecified atom stereocenters. The molecular formula is C18H15N5O2S2. The number of aromatic nitrogens is 3. The van der Waals surface area contributed by atoms with Gasteiger partial charge in [-0.25, -0.2) is 4.98 Å². The summed E-state index contributed by atoms with van der Waals surface area (Å²) in [6.45, 7) is 2.81. The van der Waals surface area contributed by atoms with Crippen molar-refractivity contribution in [2.45, 2.75) is 0 Å². The molecule has 7 nitrogen and oxygen atoms in total. The number of fused-ring (bicyclic) bond motifs is 1. The van der Waals surface area contributed by atoms with Gasteiger partial charge in [-0.1, -0.05) is 17.4 Å². The Morgan fingerprint density at radius 3 is 2.81 bits per heavy atom. The zero-order valence-electron chi connectivity index (χ0n) is 14.2. The first-order valence-corrected chi connectivity index (χ1v) is 10.2. The Bertz CT molecular complexity index is 1080. The Labute approximate surface area is 162 Å². The van der Waals surface area contributed by atoms with Crippen molar-refractivity contribution in [3.05, 3.63) is 47.7 Å². The van der Waals surface area contributed by atoms with Gasteiger partial charge in [-0.15, -0.1) is 21.5 Å². The fourth-order valence-electron chi connectivity index (χ4n) is 3.12. The minimum atomic E-state index is 0.0242. The number of oxazole rings is 1. The highest BCUT2D eigenvalue weighted by atomic mass is 32.1. The molecule has 4 aromatic rings. The average molecular weight is 397 g/mol. The van der Waals surface area contributed by atoms with E-state index in [1.807, 2.05) is 16.3 Å². The number of nitrogens with zero attached hydrogens (tertiary/aromatic N) is 5. The van der Waals surface area contributed by atoms with Crippen molar-refractivity contribution in [2.75, 3.05) is 31.1 Å². The highest BCUT2D eigenvalue weighted by molar-refractivity contribution is 7.22. The third kappa shape index (κ3) is 3.08. The lowest BCUT2D eigenvalue weighted by molar-refractivity contribution is 0.0747. The van der Waals surface area contributed by atoms with Gasteiger partial charge in [0.1, 0.15) is 5.52 Å². The number of hydrogen-bond donors (Lipinski definition) is 0. The molecule has 0 atom stereocenters. The number of amides is 1. The van der Waals surface area contributed by atoms with Crippen LogP contribution in [0.25, 0.3) is 21.0 Å². The summed E-state index contributed by atoms with van der Waals surface area (Å²) in [7, 11) is 0. The Morgan fingerprint density at radius 2 is 2.00 bits per heavy atom. The number of anilines is 1. The summed E-state index contributed by atoms with van der Waals surface area (Å²) in [5, 5.41) is 12.5. The predicted molar refractivity (Wildman–Crippen MR) is 105 cm³/mol. The van der Waals surface area contributed by atoms with E-state index < -0.39 is 0 Å². The number of piperazine rings is 1. The second-order valence-corrected chi connectivity index (χ2v) is 8.08. The van der Waals surface area contributed by atoms with Gasteiger partial charge in [-0.05, 0) is 29.6 Å². The zero-order chi connectivity index (χ0) is 18.2. The molecular weight excluding hydrogens is 382 g/mol. The van der Waals surface area contributed by atoms with Crippen LogP contribution in [0.5, 0.6) is 0 Å². The van der Waals surface area contributed by atoms with Crippen LogP contribution in [0.15, 0.2) is 46.5 Å². The quantitative estimate of drug-likeness (QED) is 0.528. The maximum Gasteiger partial charge on any atom is 0.254 e.